The lowest BCUT2D eigenvalue weighted by Gasteiger charge is -2.16. The molecule has 4 N–H and O–H groups in total. The first-order chi connectivity index (χ1) is 7.93. The maximum Gasteiger partial charge on any atom is 0.328 e. The number of aliphatic carboxylic acids is 1. The molecule has 1 rings (SSSR count). The number of aliphatic hydroxyl groups excluding tert-OH is 1. The number of carbonyl (C=O) groups excluding carboxylic acids is 1. The Balaban J connectivity index is 2.89. The normalized spacial score (nSPS) is 13.8. The van der Waals surface area contributed by atoms with Gasteiger partial charge in [-0.2, -0.15) is 0 Å². The van der Waals surface area contributed by atoms with E-state index < -0.39 is 29.6 Å². The lowest BCUT2D eigenvalue weighted by atomic mass is 10.1. The summed E-state index contributed by atoms with van der Waals surface area (Å²) in [5, 5.41) is 20.0. The van der Waals surface area contributed by atoms with Crippen LogP contribution in [-0.4, -0.2) is 39.2 Å². The molecule has 1 amide bonds. The quantitative estimate of drug-likeness (QED) is 0.534. The van der Waals surface area contributed by atoms with E-state index in [4.69, 9.17) is 10.2 Å². The maximum absolute atomic E-state index is 11.6. The fourth-order valence-electron chi connectivity index (χ4n) is 1.21. The number of pyridine rings is 1. The van der Waals surface area contributed by atoms with Crippen LogP contribution in [0.1, 0.15) is 17.3 Å². The predicted octanol–water partition coefficient (Wildman–Crippen LogP) is -1.06. The monoisotopic (exact) mass is 240 g/mol. The molecule has 1 heterocycles. The Hall–Kier alpha value is -2.15. The molecule has 0 spiro atoms. The van der Waals surface area contributed by atoms with Gasteiger partial charge < -0.3 is 20.5 Å². The summed E-state index contributed by atoms with van der Waals surface area (Å²) >= 11 is 0. The van der Waals surface area contributed by atoms with Crippen molar-refractivity contribution in [3.8, 4) is 0 Å². The van der Waals surface area contributed by atoms with Gasteiger partial charge in [-0.25, -0.2) is 4.79 Å². The second kappa shape index (κ2) is 5.26. The fraction of sp³-hybridized carbons (Fsp3) is 0.300. The third kappa shape index (κ3) is 3.15. The van der Waals surface area contributed by atoms with Crippen molar-refractivity contribution in [2.45, 2.75) is 19.1 Å². The summed E-state index contributed by atoms with van der Waals surface area (Å²) in [4.78, 5) is 35.9. The highest BCUT2D eigenvalue weighted by Crippen LogP contribution is 1.96. The van der Waals surface area contributed by atoms with Crippen molar-refractivity contribution in [3.63, 3.8) is 0 Å². The topological polar surface area (TPSA) is 119 Å². The molecule has 0 saturated heterocycles. The zero-order chi connectivity index (χ0) is 13.0. The zero-order valence-corrected chi connectivity index (χ0v) is 9.01. The summed E-state index contributed by atoms with van der Waals surface area (Å²) in [6.07, 6.45) is 0.0851. The van der Waals surface area contributed by atoms with Gasteiger partial charge in [-0.15, -0.1) is 0 Å². The first kappa shape index (κ1) is 12.9. The minimum Gasteiger partial charge on any atom is -0.480 e. The van der Waals surface area contributed by atoms with Gasteiger partial charge in [0.15, 0.2) is 6.04 Å². The predicted molar refractivity (Wildman–Crippen MR) is 57.6 cm³/mol. The van der Waals surface area contributed by atoms with Crippen molar-refractivity contribution >= 4 is 11.9 Å². The van der Waals surface area contributed by atoms with Crippen LogP contribution in [-0.2, 0) is 4.79 Å². The molecule has 0 saturated carbocycles. The number of nitrogens with one attached hydrogen (secondary N) is 2. The number of carbonyl (C=O) groups is 2. The molecule has 0 aliphatic carbocycles. The molecule has 17 heavy (non-hydrogen) atoms. The minimum absolute atomic E-state index is 0.209. The maximum atomic E-state index is 11.6. The van der Waals surface area contributed by atoms with Crippen LogP contribution in [0.25, 0.3) is 0 Å². The van der Waals surface area contributed by atoms with E-state index in [2.05, 4.69) is 10.3 Å². The summed E-state index contributed by atoms with van der Waals surface area (Å²) in [6.45, 7) is 1.23. The van der Waals surface area contributed by atoms with Crippen molar-refractivity contribution in [2.75, 3.05) is 0 Å². The van der Waals surface area contributed by atoms with Crippen LogP contribution >= 0.6 is 0 Å². The van der Waals surface area contributed by atoms with Gasteiger partial charge in [-0.3, -0.25) is 9.59 Å². The second-order valence-corrected chi connectivity index (χ2v) is 3.44. The van der Waals surface area contributed by atoms with Crippen molar-refractivity contribution < 1.29 is 19.8 Å². The Morgan fingerprint density at radius 2 is 2.12 bits per heavy atom. The van der Waals surface area contributed by atoms with Crippen LogP contribution in [0.2, 0.25) is 0 Å². The summed E-state index contributed by atoms with van der Waals surface area (Å²) in [5.41, 5.74) is -0.834. The van der Waals surface area contributed by atoms with Crippen LogP contribution < -0.4 is 10.9 Å². The van der Waals surface area contributed by atoms with E-state index in [1.807, 2.05) is 0 Å². The Kier molecular flexibility index (Phi) is 4.00. The number of hydrogen-bond acceptors (Lipinski definition) is 4. The smallest absolute Gasteiger partial charge is 0.328 e. The Bertz CT molecular complexity index is 480. The van der Waals surface area contributed by atoms with Crippen molar-refractivity contribution in [2.24, 2.45) is 0 Å². The number of aliphatic hydroxyl groups is 1. The van der Waals surface area contributed by atoms with Gasteiger partial charge in [0, 0.05) is 6.20 Å². The highest BCUT2D eigenvalue weighted by Gasteiger charge is 2.26. The van der Waals surface area contributed by atoms with E-state index in [1.54, 1.807) is 0 Å². The van der Waals surface area contributed by atoms with Gasteiger partial charge in [0.25, 0.3) is 11.5 Å². The van der Waals surface area contributed by atoms with Crippen LogP contribution in [0.15, 0.2) is 23.1 Å². The number of amides is 1. The van der Waals surface area contributed by atoms with Gasteiger partial charge in [-0.1, -0.05) is 0 Å². The number of rotatable bonds is 4. The van der Waals surface area contributed by atoms with Crippen molar-refractivity contribution in [1.29, 1.82) is 0 Å². The Morgan fingerprint density at radius 3 is 2.59 bits per heavy atom. The van der Waals surface area contributed by atoms with Gasteiger partial charge in [0.2, 0.25) is 0 Å². The van der Waals surface area contributed by atoms with E-state index in [0.29, 0.717) is 0 Å². The molecule has 1 aromatic heterocycles. The molecular formula is C10H12N2O5. The van der Waals surface area contributed by atoms with Gasteiger partial charge >= 0.3 is 5.97 Å². The van der Waals surface area contributed by atoms with E-state index >= 15 is 0 Å². The van der Waals surface area contributed by atoms with Crippen molar-refractivity contribution in [1.82, 2.24) is 10.3 Å². The van der Waals surface area contributed by atoms with E-state index in [-0.39, 0.29) is 5.56 Å². The highest BCUT2D eigenvalue weighted by molar-refractivity contribution is 5.96. The highest BCUT2D eigenvalue weighted by atomic mass is 16.4. The number of aromatic amines is 1. The second-order valence-electron chi connectivity index (χ2n) is 3.44. The summed E-state index contributed by atoms with van der Waals surface area (Å²) in [6, 6.07) is 1.24. The van der Waals surface area contributed by atoms with Crippen LogP contribution in [0, 0.1) is 0 Å². The van der Waals surface area contributed by atoms with Gasteiger partial charge in [-0.05, 0) is 19.1 Å². The zero-order valence-electron chi connectivity index (χ0n) is 9.01. The molecule has 2 unspecified atom stereocenters. The average Bonchev–Trinajstić information content (AvgIpc) is 2.25. The standard InChI is InChI=1S/C10H12N2O5/c1-5(13)7(10(16)17)12-9(15)6-3-2-4-11-8(6)14/h2-5,7,13H,1H3,(H,11,14)(H,12,15)(H,16,17). The first-order valence-corrected chi connectivity index (χ1v) is 4.83. The van der Waals surface area contributed by atoms with E-state index in [0.717, 1.165) is 0 Å². The molecule has 7 nitrogen and oxygen atoms in total. The SMILES string of the molecule is CC(O)C(NC(=O)c1ccc[nH]c1=O)C(=O)O. The minimum atomic E-state index is -1.46. The number of aromatic nitrogens is 1. The molecule has 0 aliphatic heterocycles. The molecular weight excluding hydrogens is 228 g/mol. The molecule has 0 aromatic carbocycles. The first-order valence-electron chi connectivity index (χ1n) is 4.83. The molecule has 0 bridgehead atoms. The summed E-state index contributed by atoms with van der Waals surface area (Å²) in [5.74, 6) is -2.22. The third-order valence-corrected chi connectivity index (χ3v) is 2.10. The number of hydrogen-bond donors (Lipinski definition) is 4. The average molecular weight is 240 g/mol. The third-order valence-electron chi connectivity index (χ3n) is 2.10. The van der Waals surface area contributed by atoms with E-state index in [9.17, 15) is 14.4 Å². The molecule has 1 aromatic rings. The number of H-pyrrole nitrogens is 1. The van der Waals surface area contributed by atoms with Crippen LogP contribution in [0.5, 0.6) is 0 Å². The number of carboxylic acids is 1. The number of carboxylic acid groups (broad SMARTS) is 1. The lowest BCUT2D eigenvalue weighted by molar-refractivity contribution is -0.141. The molecule has 7 heteroatoms. The van der Waals surface area contributed by atoms with Crippen LogP contribution in [0.4, 0.5) is 0 Å². The largest absolute Gasteiger partial charge is 0.480 e. The molecule has 0 aliphatic rings. The molecule has 0 fully saturated rings. The molecule has 92 valence electrons. The summed E-state index contributed by atoms with van der Waals surface area (Å²) in [7, 11) is 0. The van der Waals surface area contributed by atoms with E-state index in [1.165, 1.54) is 25.3 Å². The molecule has 0 radical (unpaired) electrons. The molecule has 2 atom stereocenters. The van der Waals surface area contributed by atoms with Gasteiger partial charge in [0.05, 0.1) is 6.10 Å². The van der Waals surface area contributed by atoms with Gasteiger partial charge in [0.1, 0.15) is 5.56 Å². The Morgan fingerprint density at radius 1 is 1.47 bits per heavy atom. The fourth-order valence-corrected chi connectivity index (χ4v) is 1.21. The Labute approximate surface area is 96.1 Å². The van der Waals surface area contributed by atoms with Crippen LogP contribution in [0.3, 0.4) is 0 Å². The summed E-state index contributed by atoms with van der Waals surface area (Å²) < 4.78 is 0. The lowest BCUT2D eigenvalue weighted by Crippen LogP contribution is -2.48. The van der Waals surface area contributed by atoms with Crippen molar-refractivity contribution in [3.05, 3.63) is 34.2 Å².